The molecule has 0 saturated carbocycles. The van der Waals surface area contributed by atoms with Gasteiger partial charge in [-0.05, 0) is 32.3 Å². The van der Waals surface area contributed by atoms with Crippen LogP contribution in [0.25, 0.3) is 0 Å². The van der Waals surface area contributed by atoms with Gasteiger partial charge in [-0.3, -0.25) is 10.1 Å². The molecule has 2 aliphatic heterocycles. The number of benzene rings is 1. The van der Waals surface area contributed by atoms with Crippen LogP contribution in [0.3, 0.4) is 0 Å². The van der Waals surface area contributed by atoms with E-state index in [1.807, 2.05) is 6.92 Å². The van der Waals surface area contributed by atoms with Crippen molar-refractivity contribution >= 4 is 11.4 Å². The van der Waals surface area contributed by atoms with Gasteiger partial charge in [-0.1, -0.05) is 0 Å². The average Bonchev–Trinajstić information content (AvgIpc) is 3.01. The van der Waals surface area contributed by atoms with Crippen LogP contribution >= 0.6 is 0 Å². The normalized spacial score (nSPS) is 27.6. The number of fused-ring (bicyclic) bond motifs is 2. The highest BCUT2D eigenvalue weighted by Gasteiger charge is 2.40. The maximum Gasteiger partial charge on any atom is 0.311 e. The molecule has 108 valence electrons. The monoisotopic (exact) mass is 278 g/mol. The number of nitrogens with zero attached hydrogens (tertiary/aromatic N) is 1. The van der Waals surface area contributed by atoms with E-state index in [1.54, 1.807) is 12.1 Å². The third-order valence-electron chi connectivity index (χ3n) is 3.91. The fraction of sp³-hybridized carbons (Fsp3) is 0.571. The highest BCUT2D eigenvalue weighted by molar-refractivity contribution is 5.58. The molecule has 2 fully saturated rings. The second kappa shape index (κ2) is 5.28. The van der Waals surface area contributed by atoms with Crippen molar-refractivity contribution in [2.45, 2.75) is 44.4 Å². The molecule has 6 heteroatoms. The van der Waals surface area contributed by atoms with Crippen molar-refractivity contribution in [1.82, 2.24) is 0 Å². The number of hydrogen-bond donors (Lipinski definition) is 1. The minimum Gasteiger partial charge on any atom is -0.487 e. The van der Waals surface area contributed by atoms with E-state index in [0.29, 0.717) is 24.5 Å². The summed E-state index contributed by atoms with van der Waals surface area (Å²) in [4.78, 5) is 10.5. The molecule has 3 atom stereocenters. The number of ether oxygens (including phenoxy) is 2. The first kappa shape index (κ1) is 13.2. The lowest BCUT2D eigenvalue weighted by Gasteiger charge is -2.21. The Kier molecular flexibility index (Phi) is 3.48. The highest BCUT2D eigenvalue weighted by Crippen LogP contribution is 2.37. The lowest BCUT2D eigenvalue weighted by atomic mass is 9.95. The van der Waals surface area contributed by atoms with E-state index >= 15 is 0 Å². The van der Waals surface area contributed by atoms with Gasteiger partial charge >= 0.3 is 5.69 Å². The van der Waals surface area contributed by atoms with Gasteiger partial charge in [-0.15, -0.1) is 0 Å². The number of anilines is 1. The average molecular weight is 278 g/mol. The van der Waals surface area contributed by atoms with Crippen molar-refractivity contribution in [1.29, 1.82) is 0 Å². The molecule has 0 radical (unpaired) electrons. The van der Waals surface area contributed by atoms with Crippen LogP contribution < -0.4 is 10.1 Å². The summed E-state index contributed by atoms with van der Waals surface area (Å²) in [7, 11) is 0. The van der Waals surface area contributed by atoms with Gasteiger partial charge < -0.3 is 14.8 Å². The van der Waals surface area contributed by atoms with Crippen molar-refractivity contribution < 1.29 is 14.4 Å². The number of nitro groups is 1. The van der Waals surface area contributed by atoms with E-state index in [2.05, 4.69) is 5.32 Å². The zero-order chi connectivity index (χ0) is 14.1. The molecule has 6 nitrogen and oxygen atoms in total. The van der Waals surface area contributed by atoms with Crippen LogP contribution in [0.15, 0.2) is 18.2 Å². The molecule has 0 amide bonds. The fourth-order valence-corrected chi connectivity index (χ4v) is 3.03. The topological polar surface area (TPSA) is 73.6 Å². The SMILES string of the molecule is CCOc1cc(NC2CC3CCC2O3)ccc1[N+](=O)[O-]. The summed E-state index contributed by atoms with van der Waals surface area (Å²) in [5, 5.41) is 14.4. The molecule has 2 aliphatic rings. The molecule has 3 rings (SSSR count). The maximum absolute atomic E-state index is 10.9. The van der Waals surface area contributed by atoms with Crippen molar-refractivity contribution in [3.8, 4) is 5.75 Å². The van der Waals surface area contributed by atoms with Crippen LogP contribution in [-0.2, 0) is 4.74 Å². The van der Waals surface area contributed by atoms with E-state index in [0.717, 1.165) is 24.9 Å². The first-order valence-electron chi connectivity index (χ1n) is 7.00. The Hall–Kier alpha value is -1.82. The van der Waals surface area contributed by atoms with Crippen molar-refractivity contribution in [3.05, 3.63) is 28.3 Å². The Morgan fingerprint density at radius 3 is 2.95 bits per heavy atom. The molecule has 2 heterocycles. The number of rotatable bonds is 5. The van der Waals surface area contributed by atoms with E-state index in [1.165, 1.54) is 6.07 Å². The summed E-state index contributed by atoms with van der Waals surface area (Å²) < 4.78 is 11.1. The Labute approximate surface area is 117 Å². The van der Waals surface area contributed by atoms with Crippen LogP contribution in [0.4, 0.5) is 11.4 Å². The number of nitrogens with one attached hydrogen (secondary N) is 1. The van der Waals surface area contributed by atoms with E-state index in [4.69, 9.17) is 9.47 Å². The first-order valence-corrected chi connectivity index (χ1v) is 7.00. The predicted octanol–water partition coefficient (Wildman–Crippen LogP) is 2.73. The van der Waals surface area contributed by atoms with Gasteiger partial charge in [0, 0.05) is 17.8 Å². The summed E-state index contributed by atoms with van der Waals surface area (Å²) in [6, 6.07) is 5.21. The summed E-state index contributed by atoms with van der Waals surface area (Å²) in [5.41, 5.74) is 0.849. The molecular weight excluding hydrogens is 260 g/mol. The molecule has 3 unspecified atom stereocenters. The predicted molar refractivity (Wildman–Crippen MR) is 74.2 cm³/mol. The fourth-order valence-electron chi connectivity index (χ4n) is 3.03. The quantitative estimate of drug-likeness (QED) is 0.662. The van der Waals surface area contributed by atoms with Crippen molar-refractivity contribution in [3.63, 3.8) is 0 Å². The van der Waals surface area contributed by atoms with E-state index in [-0.39, 0.29) is 11.8 Å². The third kappa shape index (κ3) is 2.43. The van der Waals surface area contributed by atoms with Crippen LogP contribution in [0.1, 0.15) is 26.2 Å². The minimum absolute atomic E-state index is 0.00147. The highest BCUT2D eigenvalue weighted by atomic mass is 16.6. The van der Waals surface area contributed by atoms with Gasteiger partial charge in [-0.2, -0.15) is 0 Å². The van der Waals surface area contributed by atoms with E-state index in [9.17, 15) is 10.1 Å². The molecule has 20 heavy (non-hydrogen) atoms. The molecule has 1 aromatic rings. The minimum atomic E-state index is -0.421. The standard InChI is InChI=1S/C14H18N2O4/c1-2-19-14-7-9(3-5-12(14)16(17)18)15-11-8-10-4-6-13(11)20-10/h3,5,7,10-11,13,15H,2,4,6,8H2,1H3. The molecule has 2 bridgehead atoms. The molecular formula is C14H18N2O4. The number of nitro benzene ring substituents is 1. The van der Waals surface area contributed by atoms with Crippen LogP contribution in [0.2, 0.25) is 0 Å². The lowest BCUT2D eigenvalue weighted by molar-refractivity contribution is -0.385. The molecule has 0 aliphatic carbocycles. The molecule has 0 aromatic heterocycles. The third-order valence-corrected chi connectivity index (χ3v) is 3.91. The Balaban J connectivity index is 1.76. The van der Waals surface area contributed by atoms with E-state index < -0.39 is 4.92 Å². The van der Waals surface area contributed by atoms with Crippen LogP contribution in [0, 0.1) is 10.1 Å². The van der Waals surface area contributed by atoms with Crippen LogP contribution in [0.5, 0.6) is 5.75 Å². The maximum atomic E-state index is 10.9. The molecule has 0 spiro atoms. The van der Waals surface area contributed by atoms with Gasteiger partial charge in [0.15, 0.2) is 5.75 Å². The summed E-state index contributed by atoms with van der Waals surface area (Å²) in [6.45, 7) is 2.22. The summed E-state index contributed by atoms with van der Waals surface area (Å²) in [5.74, 6) is 0.312. The lowest BCUT2D eigenvalue weighted by Crippen LogP contribution is -2.30. The van der Waals surface area contributed by atoms with Crippen molar-refractivity contribution in [2.24, 2.45) is 0 Å². The van der Waals surface area contributed by atoms with Gasteiger partial charge in [-0.25, -0.2) is 0 Å². The zero-order valence-corrected chi connectivity index (χ0v) is 11.4. The second-order valence-electron chi connectivity index (χ2n) is 5.23. The Morgan fingerprint density at radius 1 is 1.50 bits per heavy atom. The molecule has 2 saturated heterocycles. The van der Waals surface area contributed by atoms with Crippen molar-refractivity contribution in [2.75, 3.05) is 11.9 Å². The summed E-state index contributed by atoms with van der Waals surface area (Å²) in [6.07, 6.45) is 3.89. The smallest absolute Gasteiger partial charge is 0.311 e. The molecule has 1 N–H and O–H groups in total. The zero-order valence-electron chi connectivity index (χ0n) is 11.4. The van der Waals surface area contributed by atoms with Gasteiger partial charge in [0.2, 0.25) is 0 Å². The second-order valence-corrected chi connectivity index (χ2v) is 5.23. The Bertz CT molecular complexity index is 520. The van der Waals surface area contributed by atoms with Gasteiger partial charge in [0.05, 0.1) is 29.8 Å². The first-order chi connectivity index (χ1) is 9.67. The van der Waals surface area contributed by atoms with Gasteiger partial charge in [0.1, 0.15) is 0 Å². The van der Waals surface area contributed by atoms with Crippen LogP contribution in [-0.4, -0.2) is 29.8 Å². The Morgan fingerprint density at radius 2 is 2.35 bits per heavy atom. The number of hydrogen-bond acceptors (Lipinski definition) is 5. The van der Waals surface area contributed by atoms with Gasteiger partial charge in [0.25, 0.3) is 0 Å². The largest absolute Gasteiger partial charge is 0.487 e. The molecule has 1 aromatic carbocycles. The summed E-state index contributed by atoms with van der Waals surface area (Å²) >= 11 is 0.